The number of benzene rings is 2. The lowest BCUT2D eigenvalue weighted by atomic mass is 9.84. The molecule has 0 heterocycles. The summed E-state index contributed by atoms with van der Waals surface area (Å²) in [6, 6.07) is 11.6. The first-order chi connectivity index (χ1) is 9.90. The molecule has 0 saturated carbocycles. The SMILES string of the molecule is COc1ccc(C(C)(O)c2cc(C)ccc2C)cc1OC. The Bertz CT molecular complexity index is 645. The molecule has 0 bridgehead atoms. The van der Waals surface area contributed by atoms with Crippen LogP contribution < -0.4 is 9.47 Å². The van der Waals surface area contributed by atoms with Gasteiger partial charge in [0.1, 0.15) is 5.60 Å². The van der Waals surface area contributed by atoms with Crippen LogP contribution in [0.2, 0.25) is 0 Å². The highest BCUT2D eigenvalue weighted by atomic mass is 16.5. The number of methoxy groups -OCH3 is 2. The Morgan fingerprint density at radius 3 is 2.19 bits per heavy atom. The van der Waals surface area contributed by atoms with Gasteiger partial charge in [-0.3, -0.25) is 0 Å². The topological polar surface area (TPSA) is 38.7 Å². The molecule has 112 valence electrons. The van der Waals surface area contributed by atoms with Crippen LogP contribution in [0.1, 0.15) is 29.2 Å². The van der Waals surface area contributed by atoms with E-state index >= 15 is 0 Å². The molecule has 1 N–H and O–H groups in total. The van der Waals surface area contributed by atoms with Gasteiger partial charge in [0.05, 0.1) is 14.2 Å². The van der Waals surface area contributed by atoms with Gasteiger partial charge in [-0.1, -0.05) is 29.8 Å². The van der Waals surface area contributed by atoms with Crippen LogP contribution in [0.15, 0.2) is 36.4 Å². The van der Waals surface area contributed by atoms with Crippen molar-refractivity contribution >= 4 is 0 Å². The highest BCUT2D eigenvalue weighted by Crippen LogP contribution is 2.36. The highest BCUT2D eigenvalue weighted by molar-refractivity contribution is 5.48. The van der Waals surface area contributed by atoms with Crippen molar-refractivity contribution in [1.82, 2.24) is 0 Å². The highest BCUT2D eigenvalue weighted by Gasteiger charge is 2.28. The van der Waals surface area contributed by atoms with Gasteiger partial charge in [0.25, 0.3) is 0 Å². The first kappa shape index (κ1) is 15.4. The van der Waals surface area contributed by atoms with E-state index in [0.29, 0.717) is 11.5 Å². The first-order valence-electron chi connectivity index (χ1n) is 6.92. The van der Waals surface area contributed by atoms with E-state index < -0.39 is 5.60 Å². The standard InChI is InChI=1S/C18H22O3/c1-12-6-7-13(2)15(10-12)18(3,19)14-8-9-16(20-4)17(11-14)21-5/h6-11,19H,1-5H3. The van der Waals surface area contributed by atoms with E-state index in [0.717, 1.165) is 22.3 Å². The summed E-state index contributed by atoms with van der Waals surface area (Å²) in [5.41, 5.74) is 2.76. The lowest BCUT2D eigenvalue weighted by Gasteiger charge is -2.27. The van der Waals surface area contributed by atoms with E-state index in [-0.39, 0.29) is 0 Å². The average Bonchev–Trinajstić information content (AvgIpc) is 2.48. The van der Waals surface area contributed by atoms with Crippen LogP contribution in [0.25, 0.3) is 0 Å². The van der Waals surface area contributed by atoms with Crippen molar-refractivity contribution in [3.05, 3.63) is 58.7 Å². The largest absolute Gasteiger partial charge is 0.493 e. The van der Waals surface area contributed by atoms with E-state index in [1.807, 2.05) is 50.2 Å². The number of aryl methyl sites for hydroxylation is 2. The van der Waals surface area contributed by atoms with Gasteiger partial charge in [-0.25, -0.2) is 0 Å². The molecule has 0 radical (unpaired) electrons. The minimum atomic E-state index is -1.09. The van der Waals surface area contributed by atoms with Gasteiger partial charge >= 0.3 is 0 Å². The Morgan fingerprint density at radius 2 is 1.57 bits per heavy atom. The molecule has 1 unspecified atom stereocenters. The molecule has 0 aliphatic rings. The number of hydrogen-bond donors (Lipinski definition) is 1. The Morgan fingerprint density at radius 1 is 0.905 bits per heavy atom. The number of rotatable bonds is 4. The Kier molecular flexibility index (Phi) is 4.24. The van der Waals surface area contributed by atoms with Gasteiger partial charge in [-0.15, -0.1) is 0 Å². The van der Waals surface area contributed by atoms with Crippen LogP contribution in [0.3, 0.4) is 0 Å². The van der Waals surface area contributed by atoms with Gasteiger partial charge in [0, 0.05) is 0 Å². The second kappa shape index (κ2) is 5.78. The third-order valence-electron chi connectivity index (χ3n) is 3.86. The van der Waals surface area contributed by atoms with E-state index in [1.165, 1.54) is 0 Å². The van der Waals surface area contributed by atoms with Crippen LogP contribution >= 0.6 is 0 Å². The molecule has 3 heteroatoms. The predicted molar refractivity (Wildman–Crippen MR) is 84.1 cm³/mol. The number of ether oxygens (including phenoxy) is 2. The second-order valence-corrected chi connectivity index (χ2v) is 5.46. The molecule has 2 rings (SSSR count). The third-order valence-corrected chi connectivity index (χ3v) is 3.86. The molecule has 0 saturated heterocycles. The molecule has 0 aliphatic heterocycles. The zero-order chi connectivity index (χ0) is 15.6. The van der Waals surface area contributed by atoms with Crippen molar-refractivity contribution in [2.24, 2.45) is 0 Å². The fourth-order valence-corrected chi connectivity index (χ4v) is 2.55. The summed E-state index contributed by atoms with van der Waals surface area (Å²) < 4.78 is 10.6. The zero-order valence-electron chi connectivity index (χ0n) is 13.2. The van der Waals surface area contributed by atoms with Gasteiger partial charge < -0.3 is 14.6 Å². The maximum Gasteiger partial charge on any atom is 0.161 e. The summed E-state index contributed by atoms with van der Waals surface area (Å²) in [4.78, 5) is 0. The normalized spacial score (nSPS) is 13.6. The fourth-order valence-electron chi connectivity index (χ4n) is 2.55. The van der Waals surface area contributed by atoms with Crippen molar-refractivity contribution in [1.29, 1.82) is 0 Å². The van der Waals surface area contributed by atoms with Crippen LogP contribution in [-0.4, -0.2) is 19.3 Å². The molecule has 1 atom stereocenters. The van der Waals surface area contributed by atoms with Crippen LogP contribution in [0.5, 0.6) is 11.5 Å². The summed E-state index contributed by atoms with van der Waals surface area (Å²) in [5.74, 6) is 1.26. The summed E-state index contributed by atoms with van der Waals surface area (Å²) in [6.45, 7) is 5.83. The Hall–Kier alpha value is -2.00. The Balaban J connectivity index is 2.55. The minimum Gasteiger partial charge on any atom is -0.493 e. The zero-order valence-corrected chi connectivity index (χ0v) is 13.2. The lowest BCUT2D eigenvalue weighted by Crippen LogP contribution is -2.24. The molecular formula is C18H22O3. The van der Waals surface area contributed by atoms with Gasteiger partial charge in [-0.05, 0) is 49.6 Å². The monoisotopic (exact) mass is 286 g/mol. The molecule has 2 aromatic rings. The summed E-state index contributed by atoms with van der Waals surface area (Å²) in [6.07, 6.45) is 0. The van der Waals surface area contributed by atoms with Crippen molar-refractivity contribution in [3.63, 3.8) is 0 Å². The van der Waals surface area contributed by atoms with E-state index in [9.17, 15) is 5.11 Å². The van der Waals surface area contributed by atoms with Gasteiger partial charge in [0.15, 0.2) is 11.5 Å². The van der Waals surface area contributed by atoms with Crippen LogP contribution in [0, 0.1) is 13.8 Å². The van der Waals surface area contributed by atoms with Crippen molar-refractivity contribution in [2.45, 2.75) is 26.4 Å². The first-order valence-corrected chi connectivity index (χ1v) is 6.92. The van der Waals surface area contributed by atoms with Crippen molar-refractivity contribution in [3.8, 4) is 11.5 Å². The molecular weight excluding hydrogens is 264 g/mol. The molecule has 0 aliphatic carbocycles. The quantitative estimate of drug-likeness (QED) is 0.933. The van der Waals surface area contributed by atoms with E-state index in [1.54, 1.807) is 21.1 Å². The number of hydrogen-bond acceptors (Lipinski definition) is 3. The second-order valence-electron chi connectivity index (χ2n) is 5.46. The minimum absolute atomic E-state index is 0.612. The summed E-state index contributed by atoms with van der Waals surface area (Å²) in [5, 5.41) is 11.0. The van der Waals surface area contributed by atoms with Gasteiger partial charge in [0.2, 0.25) is 0 Å². The molecule has 3 nitrogen and oxygen atoms in total. The number of aliphatic hydroxyl groups is 1. The molecule has 0 spiro atoms. The van der Waals surface area contributed by atoms with Crippen molar-refractivity contribution < 1.29 is 14.6 Å². The third kappa shape index (κ3) is 2.88. The fraction of sp³-hybridized carbons (Fsp3) is 0.333. The molecule has 21 heavy (non-hydrogen) atoms. The van der Waals surface area contributed by atoms with Crippen LogP contribution in [0.4, 0.5) is 0 Å². The predicted octanol–water partition coefficient (Wildman–Crippen LogP) is 3.58. The molecule has 0 fully saturated rings. The maximum atomic E-state index is 11.0. The lowest BCUT2D eigenvalue weighted by molar-refractivity contribution is 0.101. The van der Waals surface area contributed by atoms with Gasteiger partial charge in [-0.2, -0.15) is 0 Å². The van der Waals surface area contributed by atoms with E-state index in [4.69, 9.17) is 9.47 Å². The molecule has 0 amide bonds. The smallest absolute Gasteiger partial charge is 0.161 e. The van der Waals surface area contributed by atoms with E-state index in [2.05, 4.69) is 0 Å². The van der Waals surface area contributed by atoms with Crippen LogP contribution in [-0.2, 0) is 5.60 Å². The Labute approximate surface area is 126 Å². The summed E-state index contributed by atoms with van der Waals surface area (Å²) in [7, 11) is 3.19. The van der Waals surface area contributed by atoms with Crippen molar-refractivity contribution in [2.75, 3.05) is 14.2 Å². The molecule has 2 aromatic carbocycles. The molecule has 0 aromatic heterocycles. The maximum absolute atomic E-state index is 11.0. The average molecular weight is 286 g/mol. The summed E-state index contributed by atoms with van der Waals surface area (Å²) >= 11 is 0.